The third-order valence-electron chi connectivity index (χ3n) is 5.94. The highest BCUT2D eigenvalue weighted by molar-refractivity contribution is 7.80. The summed E-state index contributed by atoms with van der Waals surface area (Å²) in [5, 5.41) is 7.84. The first-order valence-corrected chi connectivity index (χ1v) is 9.84. The molecule has 1 aromatic heterocycles. The molecule has 1 aliphatic carbocycles. The van der Waals surface area contributed by atoms with Crippen LogP contribution in [-0.2, 0) is 11.2 Å². The van der Waals surface area contributed by atoms with Gasteiger partial charge in [-0.2, -0.15) is 0 Å². The number of thiocarbonyl (C=S) groups is 1. The van der Waals surface area contributed by atoms with Gasteiger partial charge in [-0.3, -0.25) is 4.79 Å². The van der Waals surface area contributed by atoms with Gasteiger partial charge in [-0.15, -0.1) is 0 Å². The Bertz CT molecular complexity index is 845. The highest BCUT2D eigenvalue weighted by Crippen LogP contribution is 2.44. The van der Waals surface area contributed by atoms with Crippen molar-refractivity contribution >= 4 is 34.1 Å². The Labute approximate surface area is 159 Å². The number of hydrogen-bond donors (Lipinski definition) is 3. The minimum Gasteiger partial charge on any atom is -0.362 e. The molecule has 1 unspecified atom stereocenters. The smallest absolute Gasteiger partial charge is 0.225 e. The van der Waals surface area contributed by atoms with E-state index in [-0.39, 0.29) is 5.91 Å². The van der Waals surface area contributed by atoms with Gasteiger partial charge in [0, 0.05) is 48.6 Å². The number of carbonyl (C=O) groups is 1. The number of nitrogens with one attached hydrogen (secondary N) is 3. The molecule has 4 rings (SSSR count). The second-order valence-electron chi connectivity index (χ2n) is 7.61. The number of likely N-dealkylation sites (N-methyl/N-ethyl adjacent to an activating group) is 1. The molecule has 138 valence electrons. The maximum Gasteiger partial charge on any atom is 0.225 e. The van der Waals surface area contributed by atoms with E-state index >= 15 is 0 Å². The predicted molar refractivity (Wildman–Crippen MR) is 108 cm³/mol. The number of hydrogen-bond acceptors (Lipinski definition) is 3. The first-order valence-electron chi connectivity index (χ1n) is 9.43. The number of piperidine rings is 1. The number of nitrogens with zero attached hydrogens (tertiary/aromatic N) is 1. The van der Waals surface area contributed by atoms with Gasteiger partial charge in [-0.05, 0) is 55.2 Å². The summed E-state index contributed by atoms with van der Waals surface area (Å²) < 4.78 is 0. The van der Waals surface area contributed by atoms with E-state index in [1.807, 2.05) is 6.92 Å². The SMILES string of the molecule is CCC(=O)NC(=S)NC[C@@H]1CC2c3cccc4[nH]cc(c34)C[C@H]2N(C)C1. The highest BCUT2D eigenvalue weighted by atomic mass is 32.1. The van der Waals surface area contributed by atoms with E-state index in [1.54, 1.807) is 0 Å². The van der Waals surface area contributed by atoms with Crippen LogP contribution in [0.3, 0.4) is 0 Å². The second kappa shape index (κ2) is 7.00. The fourth-order valence-corrected chi connectivity index (χ4v) is 4.90. The number of amides is 1. The van der Waals surface area contributed by atoms with Gasteiger partial charge in [-0.1, -0.05) is 19.1 Å². The lowest BCUT2D eigenvalue weighted by atomic mass is 9.72. The van der Waals surface area contributed by atoms with E-state index in [2.05, 4.69) is 52.0 Å². The van der Waals surface area contributed by atoms with Crippen LogP contribution in [0.2, 0.25) is 0 Å². The van der Waals surface area contributed by atoms with Gasteiger partial charge >= 0.3 is 0 Å². The number of aromatic amines is 1. The summed E-state index contributed by atoms with van der Waals surface area (Å²) >= 11 is 5.24. The molecule has 1 aliphatic heterocycles. The van der Waals surface area contributed by atoms with Crippen LogP contribution in [0.5, 0.6) is 0 Å². The number of H-pyrrole nitrogens is 1. The van der Waals surface area contributed by atoms with Crippen LogP contribution in [0.25, 0.3) is 10.9 Å². The van der Waals surface area contributed by atoms with Crippen LogP contribution < -0.4 is 10.6 Å². The maximum atomic E-state index is 11.5. The lowest BCUT2D eigenvalue weighted by Crippen LogP contribution is -2.51. The number of fused-ring (bicyclic) bond motifs is 2. The fraction of sp³-hybridized carbons (Fsp3) is 0.500. The average Bonchev–Trinajstić information content (AvgIpc) is 3.05. The van der Waals surface area contributed by atoms with Crippen molar-refractivity contribution in [2.45, 2.75) is 38.1 Å². The molecule has 6 heteroatoms. The summed E-state index contributed by atoms with van der Waals surface area (Å²) in [4.78, 5) is 17.4. The van der Waals surface area contributed by atoms with Crippen molar-refractivity contribution in [2.75, 3.05) is 20.1 Å². The molecule has 0 radical (unpaired) electrons. The van der Waals surface area contributed by atoms with Crippen molar-refractivity contribution in [2.24, 2.45) is 5.92 Å². The first kappa shape index (κ1) is 17.5. The van der Waals surface area contributed by atoms with Crippen LogP contribution in [-0.4, -0.2) is 47.1 Å². The third kappa shape index (κ3) is 3.12. The van der Waals surface area contributed by atoms with E-state index in [9.17, 15) is 4.79 Å². The quantitative estimate of drug-likeness (QED) is 0.727. The van der Waals surface area contributed by atoms with Crippen LogP contribution in [0.4, 0.5) is 0 Å². The third-order valence-corrected chi connectivity index (χ3v) is 6.18. The van der Waals surface area contributed by atoms with Gasteiger partial charge < -0.3 is 20.5 Å². The van der Waals surface area contributed by atoms with Gasteiger partial charge in [0.25, 0.3) is 0 Å². The van der Waals surface area contributed by atoms with E-state index in [0.29, 0.717) is 29.4 Å². The Morgan fingerprint density at radius 3 is 3.08 bits per heavy atom. The van der Waals surface area contributed by atoms with E-state index in [0.717, 1.165) is 25.9 Å². The van der Waals surface area contributed by atoms with Crippen LogP contribution in [0, 0.1) is 5.92 Å². The zero-order valence-corrected chi connectivity index (χ0v) is 16.2. The Balaban J connectivity index is 1.49. The molecule has 2 aromatic rings. The number of aromatic nitrogens is 1. The summed E-state index contributed by atoms with van der Waals surface area (Å²) in [5.41, 5.74) is 4.18. The zero-order valence-electron chi connectivity index (χ0n) is 15.3. The standard InChI is InChI=1S/C20H26N4OS/c1-3-18(25)23-20(26)22-9-12-7-15-14-5-4-6-16-19(14)13(10-21-16)8-17(15)24(2)11-12/h4-6,10,12,15,17,21H,3,7-9,11H2,1-2H3,(H2,22,23,25,26)/t12-,15?,17+/m0/s1. The number of likely N-dealkylation sites (tertiary alicyclic amines) is 1. The molecule has 0 bridgehead atoms. The summed E-state index contributed by atoms with van der Waals surface area (Å²) in [6.07, 6.45) is 4.89. The monoisotopic (exact) mass is 370 g/mol. The number of carbonyl (C=O) groups excluding carboxylic acids is 1. The minimum atomic E-state index is -0.0396. The summed E-state index contributed by atoms with van der Waals surface area (Å²) in [6, 6.07) is 7.19. The van der Waals surface area contributed by atoms with Crippen LogP contribution in [0.1, 0.15) is 36.8 Å². The molecular formula is C20H26N4OS. The average molecular weight is 371 g/mol. The van der Waals surface area contributed by atoms with Crippen molar-refractivity contribution < 1.29 is 4.79 Å². The Hall–Kier alpha value is -1.92. The van der Waals surface area contributed by atoms with Crippen LogP contribution >= 0.6 is 12.2 Å². The lowest BCUT2D eigenvalue weighted by Gasteiger charge is -2.45. The van der Waals surface area contributed by atoms with Crippen molar-refractivity contribution in [3.8, 4) is 0 Å². The molecule has 2 heterocycles. The molecule has 0 spiro atoms. The van der Waals surface area contributed by atoms with Crippen molar-refractivity contribution in [1.82, 2.24) is 20.5 Å². The molecular weight excluding hydrogens is 344 g/mol. The van der Waals surface area contributed by atoms with Crippen LogP contribution in [0.15, 0.2) is 24.4 Å². The van der Waals surface area contributed by atoms with E-state index < -0.39 is 0 Å². The van der Waals surface area contributed by atoms with Crippen molar-refractivity contribution in [3.63, 3.8) is 0 Å². The van der Waals surface area contributed by atoms with Gasteiger partial charge in [-0.25, -0.2) is 0 Å². The van der Waals surface area contributed by atoms with E-state index in [1.165, 1.54) is 22.0 Å². The van der Waals surface area contributed by atoms with Crippen molar-refractivity contribution in [1.29, 1.82) is 0 Å². The second-order valence-corrected chi connectivity index (χ2v) is 8.02. The maximum absolute atomic E-state index is 11.5. The number of rotatable bonds is 3. The van der Waals surface area contributed by atoms with Gasteiger partial charge in [0.2, 0.25) is 5.91 Å². The molecule has 3 N–H and O–H groups in total. The summed E-state index contributed by atoms with van der Waals surface area (Å²) in [7, 11) is 2.23. The fourth-order valence-electron chi connectivity index (χ4n) is 4.70. The highest BCUT2D eigenvalue weighted by Gasteiger charge is 2.39. The van der Waals surface area contributed by atoms with E-state index in [4.69, 9.17) is 12.2 Å². The molecule has 1 saturated heterocycles. The predicted octanol–water partition coefficient (Wildman–Crippen LogP) is 2.53. The molecule has 3 atom stereocenters. The molecule has 0 saturated carbocycles. The largest absolute Gasteiger partial charge is 0.362 e. The summed E-state index contributed by atoms with van der Waals surface area (Å²) in [5.74, 6) is 1.02. The Morgan fingerprint density at radius 1 is 1.42 bits per heavy atom. The molecule has 1 aromatic carbocycles. The van der Waals surface area contributed by atoms with Gasteiger partial charge in [0.1, 0.15) is 0 Å². The molecule has 1 fully saturated rings. The Morgan fingerprint density at radius 2 is 2.27 bits per heavy atom. The minimum absolute atomic E-state index is 0.0396. The first-order chi connectivity index (χ1) is 12.6. The molecule has 26 heavy (non-hydrogen) atoms. The zero-order chi connectivity index (χ0) is 18.3. The molecule has 5 nitrogen and oxygen atoms in total. The molecule has 1 amide bonds. The number of benzene rings is 1. The van der Waals surface area contributed by atoms with Crippen molar-refractivity contribution in [3.05, 3.63) is 35.5 Å². The molecule has 2 aliphatic rings. The van der Waals surface area contributed by atoms with Gasteiger partial charge in [0.05, 0.1) is 0 Å². The Kier molecular flexibility index (Phi) is 4.71. The lowest BCUT2D eigenvalue weighted by molar-refractivity contribution is -0.119. The normalized spacial score (nSPS) is 24.9. The topological polar surface area (TPSA) is 60.2 Å². The summed E-state index contributed by atoms with van der Waals surface area (Å²) in [6.45, 7) is 3.67. The van der Waals surface area contributed by atoms with Gasteiger partial charge in [0.15, 0.2) is 5.11 Å².